The molecular formula is C22H22N2O2S. The highest BCUT2D eigenvalue weighted by Gasteiger charge is 2.22. The maximum absolute atomic E-state index is 12.6. The number of rotatable bonds is 5. The van der Waals surface area contributed by atoms with Crippen LogP contribution in [0.3, 0.4) is 0 Å². The van der Waals surface area contributed by atoms with Gasteiger partial charge in [-0.15, -0.1) is 0 Å². The Morgan fingerprint density at radius 2 is 1.70 bits per heavy atom. The molecule has 3 aromatic rings. The number of carbonyl (C=O) groups excluding carboxylic acids is 1. The molecular weight excluding hydrogens is 356 g/mol. The predicted octanol–water partition coefficient (Wildman–Crippen LogP) is 5.40. The Balaban J connectivity index is 2.11. The molecule has 0 saturated heterocycles. The summed E-state index contributed by atoms with van der Waals surface area (Å²) in [6, 6.07) is 16.1. The average Bonchev–Trinajstić information content (AvgIpc) is 2.64. The molecule has 0 N–H and O–H groups in total. The largest absolute Gasteiger partial charge is 0.462 e. The number of carbonyl (C=O) groups is 1. The van der Waals surface area contributed by atoms with Crippen LogP contribution in [0.25, 0.3) is 11.3 Å². The number of esters is 1. The monoisotopic (exact) mass is 378 g/mol. The highest BCUT2D eigenvalue weighted by molar-refractivity contribution is 7.99. The van der Waals surface area contributed by atoms with Gasteiger partial charge in [-0.05, 0) is 57.2 Å². The molecule has 0 saturated carbocycles. The fourth-order valence-corrected chi connectivity index (χ4v) is 3.59. The zero-order valence-electron chi connectivity index (χ0n) is 15.9. The number of ether oxygens (including phenoxy) is 1. The topological polar surface area (TPSA) is 52.1 Å². The number of benzene rings is 2. The third kappa shape index (κ3) is 4.37. The van der Waals surface area contributed by atoms with Gasteiger partial charge in [0, 0.05) is 10.5 Å². The average molecular weight is 378 g/mol. The number of aryl methyl sites for hydroxylation is 3. The lowest BCUT2D eigenvalue weighted by atomic mass is 10.0. The van der Waals surface area contributed by atoms with Crippen LogP contribution >= 0.6 is 11.8 Å². The number of hydrogen-bond donors (Lipinski definition) is 0. The van der Waals surface area contributed by atoms with Crippen LogP contribution in [0.4, 0.5) is 0 Å². The van der Waals surface area contributed by atoms with Crippen molar-refractivity contribution >= 4 is 17.7 Å². The van der Waals surface area contributed by atoms with Crippen LogP contribution < -0.4 is 0 Å². The maximum atomic E-state index is 12.6. The highest BCUT2D eigenvalue weighted by Crippen LogP contribution is 2.32. The summed E-state index contributed by atoms with van der Waals surface area (Å²) in [4.78, 5) is 22.9. The van der Waals surface area contributed by atoms with Crippen molar-refractivity contribution in [2.75, 3.05) is 6.61 Å². The SMILES string of the molecule is CCOC(=O)c1c(C)nc(Sc2ccc(C)cc2)nc1-c1ccccc1C. The summed E-state index contributed by atoms with van der Waals surface area (Å²) in [7, 11) is 0. The van der Waals surface area contributed by atoms with Crippen LogP contribution in [0.1, 0.15) is 34.1 Å². The second-order valence-electron chi connectivity index (χ2n) is 6.27. The Morgan fingerprint density at radius 3 is 2.37 bits per heavy atom. The van der Waals surface area contributed by atoms with Gasteiger partial charge in [0.25, 0.3) is 0 Å². The van der Waals surface area contributed by atoms with Crippen molar-refractivity contribution in [3.8, 4) is 11.3 Å². The van der Waals surface area contributed by atoms with E-state index in [4.69, 9.17) is 9.72 Å². The quantitative estimate of drug-likeness (QED) is 0.440. The number of hydrogen-bond acceptors (Lipinski definition) is 5. The van der Waals surface area contributed by atoms with Gasteiger partial charge in [-0.25, -0.2) is 14.8 Å². The lowest BCUT2D eigenvalue weighted by Gasteiger charge is -2.14. The van der Waals surface area contributed by atoms with E-state index in [1.807, 2.05) is 50.2 Å². The summed E-state index contributed by atoms with van der Waals surface area (Å²) < 4.78 is 5.26. The molecule has 5 heteroatoms. The van der Waals surface area contributed by atoms with Gasteiger partial charge < -0.3 is 4.74 Å². The van der Waals surface area contributed by atoms with Crippen molar-refractivity contribution in [1.29, 1.82) is 0 Å². The fourth-order valence-electron chi connectivity index (χ4n) is 2.79. The summed E-state index contributed by atoms with van der Waals surface area (Å²) in [6.07, 6.45) is 0. The molecule has 0 radical (unpaired) electrons. The zero-order chi connectivity index (χ0) is 19.4. The van der Waals surface area contributed by atoms with Crippen molar-refractivity contribution in [3.63, 3.8) is 0 Å². The molecule has 0 aliphatic heterocycles. The van der Waals surface area contributed by atoms with E-state index in [9.17, 15) is 4.79 Å². The van der Waals surface area contributed by atoms with Gasteiger partial charge in [0.2, 0.25) is 0 Å². The second-order valence-corrected chi connectivity index (χ2v) is 7.31. The maximum Gasteiger partial charge on any atom is 0.342 e. The van der Waals surface area contributed by atoms with E-state index in [0.717, 1.165) is 16.0 Å². The van der Waals surface area contributed by atoms with Crippen molar-refractivity contribution < 1.29 is 9.53 Å². The summed E-state index contributed by atoms with van der Waals surface area (Å²) in [5.41, 5.74) is 4.84. The Labute approximate surface area is 164 Å². The van der Waals surface area contributed by atoms with E-state index >= 15 is 0 Å². The Morgan fingerprint density at radius 1 is 1.00 bits per heavy atom. The van der Waals surface area contributed by atoms with E-state index in [-0.39, 0.29) is 5.97 Å². The van der Waals surface area contributed by atoms with E-state index in [2.05, 4.69) is 24.0 Å². The van der Waals surface area contributed by atoms with Crippen molar-refractivity contribution in [2.45, 2.75) is 37.7 Å². The first-order valence-electron chi connectivity index (χ1n) is 8.86. The Kier molecular flexibility index (Phi) is 5.91. The first kappa shape index (κ1) is 19.1. The fraction of sp³-hybridized carbons (Fsp3) is 0.227. The molecule has 0 aliphatic carbocycles. The van der Waals surface area contributed by atoms with Gasteiger partial charge in [0.15, 0.2) is 5.16 Å². The first-order chi connectivity index (χ1) is 13.0. The van der Waals surface area contributed by atoms with E-state index in [0.29, 0.717) is 28.7 Å². The van der Waals surface area contributed by atoms with Gasteiger partial charge >= 0.3 is 5.97 Å². The summed E-state index contributed by atoms with van der Waals surface area (Å²) >= 11 is 1.48. The van der Waals surface area contributed by atoms with Crippen LogP contribution in [0, 0.1) is 20.8 Å². The normalized spacial score (nSPS) is 10.7. The van der Waals surface area contributed by atoms with Crippen LogP contribution in [0.15, 0.2) is 58.6 Å². The number of nitrogens with zero attached hydrogens (tertiary/aromatic N) is 2. The molecule has 0 amide bonds. The molecule has 0 spiro atoms. The molecule has 1 heterocycles. The molecule has 138 valence electrons. The summed E-state index contributed by atoms with van der Waals surface area (Å²) in [6.45, 7) is 8.00. The lowest BCUT2D eigenvalue weighted by Crippen LogP contribution is -2.12. The molecule has 4 nitrogen and oxygen atoms in total. The molecule has 27 heavy (non-hydrogen) atoms. The summed E-state index contributed by atoms with van der Waals surface area (Å²) in [5.74, 6) is -0.389. The van der Waals surface area contributed by atoms with Crippen LogP contribution in [0.2, 0.25) is 0 Å². The molecule has 1 aromatic heterocycles. The third-order valence-electron chi connectivity index (χ3n) is 4.18. The van der Waals surface area contributed by atoms with Gasteiger partial charge in [-0.3, -0.25) is 0 Å². The molecule has 0 aliphatic rings. The molecule has 3 rings (SSSR count). The molecule has 0 unspecified atom stereocenters. The molecule has 2 aromatic carbocycles. The smallest absolute Gasteiger partial charge is 0.342 e. The molecule has 0 bridgehead atoms. The van der Waals surface area contributed by atoms with Gasteiger partial charge in [-0.2, -0.15) is 0 Å². The van der Waals surface area contributed by atoms with Gasteiger partial charge in [0.05, 0.1) is 18.0 Å². The van der Waals surface area contributed by atoms with Crippen molar-refractivity contribution in [1.82, 2.24) is 9.97 Å². The Hall–Kier alpha value is -2.66. The van der Waals surface area contributed by atoms with Crippen molar-refractivity contribution in [3.05, 3.63) is 70.9 Å². The number of aromatic nitrogens is 2. The lowest BCUT2D eigenvalue weighted by molar-refractivity contribution is 0.0525. The molecule has 0 fully saturated rings. The van der Waals surface area contributed by atoms with E-state index < -0.39 is 0 Å². The highest BCUT2D eigenvalue weighted by atomic mass is 32.2. The summed E-state index contributed by atoms with van der Waals surface area (Å²) in [5, 5.41) is 0.614. The Bertz CT molecular complexity index is 969. The predicted molar refractivity (Wildman–Crippen MR) is 108 cm³/mol. The minimum absolute atomic E-state index is 0.311. The molecule has 0 atom stereocenters. The minimum atomic E-state index is -0.389. The van der Waals surface area contributed by atoms with Crippen molar-refractivity contribution in [2.24, 2.45) is 0 Å². The van der Waals surface area contributed by atoms with Crippen LogP contribution in [0.5, 0.6) is 0 Å². The van der Waals surface area contributed by atoms with Gasteiger partial charge in [0.1, 0.15) is 5.56 Å². The van der Waals surface area contributed by atoms with E-state index in [1.165, 1.54) is 17.3 Å². The first-order valence-corrected chi connectivity index (χ1v) is 9.67. The van der Waals surface area contributed by atoms with Crippen LogP contribution in [-0.4, -0.2) is 22.5 Å². The third-order valence-corrected chi connectivity index (χ3v) is 5.05. The standard InChI is InChI=1S/C22H22N2O2S/c1-5-26-21(25)19-16(4)23-22(27-17-12-10-14(2)11-13-17)24-20(19)18-9-7-6-8-15(18)3/h6-13H,5H2,1-4H3. The second kappa shape index (κ2) is 8.35. The van der Waals surface area contributed by atoms with E-state index in [1.54, 1.807) is 6.92 Å². The van der Waals surface area contributed by atoms with Crippen LogP contribution in [-0.2, 0) is 4.74 Å². The minimum Gasteiger partial charge on any atom is -0.462 e. The van der Waals surface area contributed by atoms with Gasteiger partial charge in [-0.1, -0.05) is 42.0 Å². The zero-order valence-corrected chi connectivity index (χ0v) is 16.8.